The molecule has 6 nitrogen and oxygen atoms in total. The number of aromatic nitrogens is 2. The lowest BCUT2D eigenvalue weighted by Crippen LogP contribution is -2.42. The number of hydrogen-bond acceptors (Lipinski definition) is 3. The van der Waals surface area contributed by atoms with Gasteiger partial charge in [0, 0.05) is 51.3 Å². The molecule has 24 heavy (non-hydrogen) atoms. The van der Waals surface area contributed by atoms with Crippen LogP contribution in [-0.2, 0) is 6.54 Å². The minimum Gasteiger partial charge on any atom is -0.370 e. The lowest BCUT2D eigenvalue weighted by atomic mass is 10.2. The maximum atomic E-state index is 4.26. The molecule has 0 saturated carbocycles. The first-order valence-corrected chi connectivity index (χ1v) is 8.46. The monoisotopic (exact) mass is 328 g/mol. The molecule has 0 spiro atoms. The van der Waals surface area contributed by atoms with E-state index in [9.17, 15) is 0 Å². The second-order valence-corrected chi connectivity index (χ2v) is 5.61. The van der Waals surface area contributed by atoms with Gasteiger partial charge in [-0.15, -0.1) is 0 Å². The molecular formula is C18H28N6. The number of nitrogens with zero attached hydrogens (tertiary/aromatic N) is 4. The fraction of sp³-hybridized carbons (Fsp3) is 0.444. The SMILES string of the molecule is CCN(CCNC(=NC)NCCn1cccn1)c1cccc(C)c1. The van der Waals surface area contributed by atoms with Gasteiger partial charge in [0.15, 0.2) is 5.96 Å². The molecule has 0 unspecified atom stereocenters. The van der Waals surface area contributed by atoms with Gasteiger partial charge in [0.1, 0.15) is 0 Å². The summed E-state index contributed by atoms with van der Waals surface area (Å²) in [4.78, 5) is 6.62. The van der Waals surface area contributed by atoms with Crippen molar-refractivity contribution in [1.29, 1.82) is 0 Å². The van der Waals surface area contributed by atoms with Gasteiger partial charge in [-0.1, -0.05) is 12.1 Å². The lowest BCUT2D eigenvalue weighted by Gasteiger charge is -2.24. The summed E-state index contributed by atoms with van der Waals surface area (Å²) in [5, 5.41) is 10.9. The van der Waals surface area contributed by atoms with Gasteiger partial charge in [-0.05, 0) is 37.6 Å². The summed E-state index contributed by atoms with van der Waals surface area (Å²) in [6.45, 7) is 8.66. The van der Waals surface area contributed by atoms with E-state index in [-0.39, 0.29) is 0 Å². The third-order valence-electron chi connectivity index (χ3n) is 3.84. The Balaban J connectivity index is 1.74. The standard InChI is InChI=1S/C18H28N6/c1-4-23(17-8-5-7-16(2)15-17)13-10-20-18(19-3)21-11-14-24-12-6-9-22-24/h5-9,12,15H,4,10-11,13-14H2,1-3H3,(H2,19,20,21). The minimum absolute atomic E-state index is 0.788. The number of aryl methyl sites for hydroxylation is 1. The number of likely N-dealkylation sites (N-methyl/N-ethyl adjacent to an activating group) is 1. The fourth-order valence-electron chi connectivity index (χ4n) is 2.55. The number of anilines is 1. The predicted molar refractivity (Wildman–Crippen MR) is 101 cm³/mol. The second-order valence-electron chi connectivity index (χ2n) is 5.61. The molecule has 0 aliphatic rings. The van der Waals surface area contributed by atoms with E-state index in [2.05, 4.69) is 63.7 Å². The molecule has 0 fully saturated rings. The van der Waals surface area contributed by atoms with Crippen LogP contribution >= 0.6 is 0 Å². The summed E-state index contributed by atoms with van der Waals surface area (Å²) in [6.07, 6.45) is 3.75. The topological polar surface area (TPSA) is 57.5 Å². The summed E-state index contributed by atoms with van der Waals surface area (Å²) in [7, 11) is 1.79. The highest BCUT2D eigenvalue weighted by atomic mass is 15.3. The molecular weight excluding hydrogens is 300 g/mol. The van der Waals surface area contributed by atoms with Crippen molar-refractivity contribution in [3.8, 4) is 0 Å². The molecule has 1 aromatic heterocycles. The zero-order valence-corrected chi connectivity index (χ0v) is 14.9. The van der Waals surface area contributed by atoms with Gasteiger partial charge in [-0.3, -0.25) is 9.67 Å². The number of guanidine groups is 1. The maximum Gasteiger partial charge on any atom is 0.191 e. The molecule has 1 aromatic carbocycles. The van der Waals surface area contributed by atoms with E-state index in [1.807, 2.05) is 16.9 Å². The molecule has 0 saturated heterocycles. The Morgan fingerprint density at radius 2 is 2.08 bits per heavy atom. The molecule has 2 rings (SSSR count). The average Bonchev–Trinajstić information content (AvgIpc) is 3.10. The van der Waals surface area contributed by atoms with E-state index >= 15 is 0 Å². The summed E-state index contributed by atoms with van der Waals surface area (Å²) in [5.41, 5.74) is 2.55. The van der Waals surface area contributed by atoms with Crippen molar-refractivity contribution in [3.05, 3.63) is 48.3 Å². The first-order valence-electron chi connectivity index (χ1n) is 8.46. The van der Waals surface area contributed by atoms with Crippen molar-refractivity contribution in [1.82, 2.24) is 20.4 Å². The first-order chi connectivity index (χ1) is 11.7. The largest absolute Gasteiger partial charge is 0.370 e. The van der Waals surface area contributed by atoms with Crippen LogP contribution in [0.25, 0.3) is 0 Å². The highest BCUT2D eigenvalue weighted by Gasteiger charge is 2.05. The molecule has 0 bridgehead atoms. The number of aliphatic imine (C=N–C) groups is 1. The summed E-state index contributed by atoms with van der Waals surface area (Å²) in [6, 6.07) is 10.5. The molecule has 6 heteroatoms. The average molecular weight is 328 g/mol. The van der Waals surface area contributed by atoms with E-state index in [0.717, 1.165) is 38.7 Å². The van der Waals surface area contributed by atoms with Gasteiger partial charge in [-0.25, -0.2) is 0 Å². The van der Waals surface area contributed by atoms with Crippen molar-refractivity contribution in [2.75, 3.05) is 38.1 Å². The Bertz CT molecular complexity index is 620. The van der Waals surface area contributed by atoms with Crippen LogP contribution in [0, 0.1) is 6.92 Å². The van der Waals surface area contributed by atoms with Crippen molar-refractivity contribution >= 4 is 11.6 Å². The molecule has 0 amide bonds. The number of rotatable bonds is 8. The van der Waals surface area contributed by atoms with Crippen LogP contribution in [0.1, 0.15) is 12.5 Å². The van der Waals surface area contributed by atoms with E-state index in [4.69, 9.17) is 0 Å². The van der Waals surface area contributed by atoms with Gasteiger partial charge in [-0.2, -0.15) is 5.10 Å². The molecule has 2 N–H and O–H groups in total. The molecule has 2 aromatic rings. The smallest absolute Gasteiger partial charge is 0.191 e. The fourth-order valence-corrected chi connectivity index (χ4v) is 2.55. The van der Waals surface area contributed by atoms with Crippen molar-refractivity contribution < 1.29 is 0 Å². The Kier molecular flexibility index (Phi) is 7.14. The normalized spacial score (nSPS) is 11.4. The van der Waals surface area contributed by atoms with Gasteiger partial charge >= 0.3 is 0 Å². The molecule has 0 atom stereocenters. The maximum absolute atomic E-state index is 4.26. The Labute approximate surface area is 144 Å². The molecule has 0 aliphatic heterocycles. The van der Waals surface area contributed by atoms with E-state index in [1.54, 1.807) is 13.2 Å². The third kappa shape index (κ3) is 5.61. The zero-order chi connectivity index (χ0) is 17.2. The van der Waals surface area contributed by atoms with E-state index < -0.39 is 0 Å². The van der Waals surface area contributed by atoms with Crippen LogP contribution < -0.4 is 15.5 Å². The number of nitrogens with one attached hydrogen (secondary N) is 2. The molecule has 1 heterocycles. The minimum atomic E-state index is 0.788. The summed E-state index contributed by atoms with van der Waals surface area (Å²) < 4.78 is 1.90. The van der Waals surface area contributed by atoms with Crippen LogP contribution in [0.5, 0.6) is 0 Å². The van der Waals surface area contributed by atoms with Crippen LogP contribution in [0.4, 0.5) is 5.69 Å². The summed E-state index contributed by atoms with van der Waals surface area (Å²) >= 11 is 0. The number of hydrogen-bond donors (Lipinski definition) is 2. The Morgan fingerprint density at radius 1 is 1.25 bits per heavy atom. The first kappa shape index (κ1) is 17.8. The van der Waals surface area contributed by atoms with Crippen LogP contribution in [0.2, 0.25) is 0 Å². The predicted octanol–water partition coefficient (Wildman–Crippen LogP) is 1.88. The molecule has 0 aliphatic carbocycles. The van der Waals surface area contributed by atoms with Crippen molar-refractivity contribution in [2.24, 2.45) is 4.99 Å². The van der Waals surface area contributed by atoms with Crippen molar-refractivity contribution in [3.63, 3.8) is 0 Å². The molecule has 0 radical (unpaired) electrons. The van der Waals surface area contributed by atoms with Crippen LogP contribution in [-0.4, -0.2) is 49.0 Å². The van der Waals surface area contributed by atoms with Gasteiger partial charge in [0.25, 0.3) is 0 Å². The van der Waals surface area contributed by atoms with Crippen LogP contribution in [0.3, 0.4) is 0 Å². The van der Waals surface area contributed by atoms with Crippen LogP contribution in [0.15, 0.2) is 47.7 Å². The second kappa shape index (κ2) is 9.60. The Morgan fingerprint density at radius 3 is 2.75 bits per heavy atom. The quantitative estimate of drug-likeness (QED) is 0.574. The van der Waals surface area contributed by atoms with Gasteiger partial charge in [0.2, 0.25) is 0 Å². The lowest BCUT2D eigenvalue weighted by molar-refractivity contribution is 0.597. The number of benzene rings is 1. The van der Waals surface area contributed by atoms with E-state index in [0.29, 0.717) is 0 Å². The van der Waals surface area contributed by atoms with Gasteiger partial charge in [0.05, 0.1) is 6.54 Å². The highest BCUT2D eigenvalue weighted by molar-refractivity contribution is 5.79. The zero-order valence-electron chi connectivity index (χ0n) is 14.9. The van der Waals surface area contributed by atoms with Gasteiger partial charge < -0.3 is 15.5 Å². The highest BCUT2D eigenvalue weighted by Crippen LogP contribution is 2.14. The van der Waals surface area contributed by atoms with E-state index in [1.165, 1.54) is 11.3 Å². The molecule has 130 valence electrons. The third-order valence-corrected chi connectivity index (χ3v) is 3.84. The Hall–Kier alpha value is -2.50. The summed E-state index contributed by atoms with van der Waals surface area (Å²) in [5.74, 6) is 0.822. The van der Waals surface area contributed by atoms with Crippen molar-refractivity contribution in [2.45, 2.75) is 20.4 Å².